The number of hydrogen-bond donors (Lipinski definition) is 2. The first kappa shape index (κ1) is 22.3. The second-order valence-electron chi connectivity index (χ2n) is 7.38. The Morgan fingerprint density at radius 2 is 1.67 bits per heavy atom. The highest BCUT2D eigenvalue weighted by atomic mass is 16.5. The first-order valence-electron chi connectivity index (χ1n) is 8.48. The van der Waals surface area contributed by atoms with Gasteiger partial charge in [0.1, 0.15) is 0 Å². The summed E-state index contributed by atoms with van der Waals surface area (Å²) in [6.07, 6.45) is 0. The van der Waals surface area contributed by atoms with E-state index in [0.717, 1.165) is 0 Å². The largest absolute Gasteiger partial charge is 0.493 e. The average Bonchev–Trinajstić information content (AvgIpc) is 2.59. The third-order valence-corrected chi connectivity index (χ3v) is 4.00. The Labute approximate surface area is 159 Å². The number of ether oxygens (including phenoxy) is 2. The van der Waals surface area contributed by atoms with Gasteiger partial charge in [-0.15, -0.1) is 0 Å². The minimum Gasteiger partial charge on any atom is -0.493 e. The molecule has 27 heavy (non-hydrogen) atoms. The summed E-state index contributed by atoms with van der Waals surface area (Å²) in [7, 11) is 4.40. The Morgan fingerprint density at radius 1 is 1.15 bits per heavy atom. The van der Waals surface area contributed by atoms with Crippen LogP contribution in [0, 0.1) is 11.3 Å². The third-order valence-electron chi connectivity index (χ3n) is 4.00. The molecule has 1 aromatic rings. The Bertz CT molecular complexity index is 724. The maximum absolute atomic E-state index is 12.9. The van der Waals surface area contributed by atoms with Crippen LogP contribution in [-0.4, -0.2) is 55.6 Å². The topological polar surface area (TPSA) is 105 Å². The van der Waals surface area contributed by atoms with Crippen molar-refractivity contribution in [1.29, 1.82) is 0 Å². The zero-order valence-corrected chi connectivity index (χ0v) is 16.9. The molecule has 1 rings (SSSR count). The number of nitrogens with zero attached hydrogens (tertiary/aromatic N) is 1. The van der Waals surface area contributed by atoms with Crippen LogP contribution in [0.4, 0.5) is 5.69 Å². The molecule has 150 valence electrons. The van der Waals surface area contributed by atoms with Gasteiger partial charge in [0.25, 0.3) is 5.91 Å². The fourth-order valence-electron chi connectivity index (χ4n) is 2.25. The number of nitrogens with one attached hydrogen (secondary N) is 1. The Kier molecular flexibility index (Phi) is 7.21. The van der Waals surface area contributed by atoms with E-state index in [4.69, 9.17) is 14.6 Å². The van der Waals surface area contributed by atoms with E-state index < -0.39 is 23.2 Å². The van der Waals surface area contributed by atoms with Crippen LogP contribution in [0.2, 0.25) is 0 Å². The number of methoxy groups -OCH3 is 2. The molecule has 8 nitrogen and oxygen atoms in total. The summed E-state index contributed by atoms with van der Waals surface area (Å²) in [5, 5.41) is 11.8. The number of carbonyl (C=O) groups excluding carboxylic acids is 2. The molecule has 0 radical (unpaired) electrons. The maximum atomic E-state index is 12.9. The van der Waals surface area contributed by atoms with E-state index in [-0.39, 0.29) is 23.7 Å². The molecule has 1 aromatic carbocycles. The third kappa shape index (κ3) is 5.60. The quantitative estimate of drug-likeness (QED) is 0.753. The maximum Gasteiger partial charge on any atom is 0.308 e. The van der Waals surface area contributed by atoms with Crippen LogP contribution >= 0.6 is 0 Å². The predicted molar refractivity (Wildman–Crippen MR) is 101 cm³/mol. The standard InChI is InChI=1S/C19H28N2O6/c1-11(17(23)24)10-21(5)16(22)12-8-14(26-6)15(27-7)9-13(12)20-18(25)19(2,3)4/h8-9,11H,10H2,1-7H3,(H,20,25)(H,23,24). The normalized spacial score (nSPS) is 12.1. The van der Waals surface area contributed by atoms with Gasteiger partial charge in [-0.05, 0) is 6.07 Å². The highest BCUT2D eigenvalue weighted by Crippen LogP contribution is 2.34. The first-order valence-corrected chi connectivity index (χ1v) is 8.48. The van der Waals surface area contributed by atoms with Crippen molar-refractivity contribution in [3.63, 3.8) is 0 Å². The molecule has 0 heterocycles. The van der Waals surface area contributed by atoms with Crippen LogP contribution in [-0.2, 0) is 9.59 Å². The molecule has 0 spiro atoms. The summed E-state index contributed by atoms with van der Waals surface area (Å²) < 4.78 is 10.5. The monoisotopic (exact) mass is 380 g/mol. The van der Waals surface area contributed by atoms with Gasteiger partial charge in [0, 0.05) is 25.1 Å². The summed E-state index contributed by atoms with van der Waals surface area (Å²) >= 11 is 0. The van der Waals surface area contributed by atoms with Crippen LogP contribution in [0.5, 0.6) is 11.5 Å². The highest BCUT2D eigenvalue weighted by Gasteiger charge is 2.27. The van der Waals surface area contributed by atoms with E-state index in [1.54, 1.807) is 20.8 Å². The molecule has 0 aliphatic carbocycles. The van der Waals surface area contributed by atoms with E-state index in [0.29, 0.717) is 11.5 Å². The fourth-order valence-corrected chi connectivity index (χ4v) is 2.25. The minimum atomic E-state index is -0.997. The van der Waals surface area contributed by atoms with Crippen molar-refractivity contribution in [3.05, 3.63) is 17.7 Å². The molecule has 0 saturated heterocycles. The Balaban J connectivity index is 3.34. The van der Waals surface area contributed by atoms with Crippen molar-refractivity contribution in [1.82, 2.24) is 4.90 Å². The summed E-state index contributed by atoms with van der Waals surface area (Å²) in [6.45, 7) is 6.81. The van der Waals surface area contributed by atoms with E-state index in [1.165, 1.54) is 45.2 Å². The van der Waals surface area contributed by atoms with Gasteiger partial charge in [0.15, 0.2) is 11.5 Å². The van der Waals surface area contributed by atoms with Crippen LogP contribution in [0.3, 0.4) is 0 Å². The van der Waals surface area contributed by atoms with E-state index in [1.807, 2.05) is 0 Å². The zero-order chi connectivity index (χ0) is 20.9. The van der Waals surface area contributed by atoms with Crippen LogP contribution in [0.25, 0.3) is 0 Å². The lowest BCUT2D eigenvalue weighted by Gasteiger charge is -2.24. The van der Waals surface area contributed by atoms with E-state index in [9.17, 15) is 14.4 Å². The van der Waals surface area contributed by atoms with Crippen LogP contribution < -0.4 is 14.8 Å². The SMILES string of the molecule is COc1cc(NC(=O)C(C)(C)C)c(C(=O)N(C)CC(C)C(=O)O)cc1OC. The molecule has 1 unspecified atom stereocenters. The molecule has 0 aliphatic heterocycles. The van der Waals surface area contributed by atoms with Crippen LogP contribution in [0.15, 0.2) is 12.1 Å². The van der Waals surface area contributed by atoms with Gasteiger partial charge >= 0.3 is 5.97 Å². The number of carboxylic acids is 1. The Morgan fingerprint density at radius 3 is 2.11 bits per heavy atom. The molecule has 0 aromatic heterocycles. The molecular formula is C19H28N2O6. The van der Waals surface area contributed by atoms with E-state index >= 15 is 0 Å². The molecule has 2 N–H and O–H groups in total. The lowest BCUT2D eigenvalue weighted by Crippen LogP contribution is -2.35. The van der Waals surface area contributed by atoms with Gasteiger partial charge in [-0.1, -0.05) is 27.7 Å². The van der Waals surface area contributed by atoms with Crippen molar-refractivity contribution in [2.24, 2.45) is 11.3 Å². The van der Waals surface area contributed by atoms with Crippen molar-refractivity contribution >= 4 is 23.5 Å². The molecule has 8 heteroatoms. The molecule has 0 fully saturated rings. The summed E-state index contributed by atoms with van der Waals surface area (Å²) in [4.78, 5) is 37.7. The molecule has 0 saturated carbocycles. The van der Waals surface area contributed by atoms with Gasteiger partial charge in [-0.3, -0.25) is 14.4 Å². The number of carbonyl (C=O) groups is 3. The number of benzene rings is 1. The molecular weight excluding hydrogens is 352 g/mol. The Hall–Kier alpha value is -2.77. The predicted octanol–water partition coefficient (Wildman–Crippen LogP) is 2.48. The number of carboxylic acid groups (broad SMARTS) is 1. The second kappa shape index (κ2) is 8.75. The minimum absolute atomic E-state index is 0.0230. The smallest absolute Gasteiger partial charge is 0.308 e. The number of rotatable bonds is 7. The van der Waals surface area contributed by atoms with Gasteiger partial charge in [0.05, 0.1) is 31.4 Å². The fraction of sp³-hybridized carbons (Fsp3) is 0.526. The lowest BCUT2D eigenvalue weighted by atomic mass is 9.95. The molecule has 2 amide bonds. The summed E-state index contributed by atoms with van der Waals surface area (Å²) in [5.74, 6) is -1.75. The van der Waals surface area contributed by atoms with Crippen molar-refractivity contribution < 1.29 is 29.0 Å². The number of aliphatic carboxylic acids is 1. The summed E-state index contributed by atoms with van der Waals surface area (Å²) in [6, 6.07) is 2.99. The van der Waals surface area contributed by atoms with E-state index in [2.05, 4.69) is 5.32 Å². The molecule has 0 bridgehead atoms. The first-order chi connectivity index (χ1) is 12.4. The van der Waals surface area contributed by atoms with Gasteiger partial charge in [-0.2, -0.15) is 0 Å². The lowest BCUT2D eigenvalue weighted by molar-refractivity contribution is -0.141. The summed E-state index contributed by atoms with van der Waals surface area (Å²) in [5.41, 5.74) is -0.213. The zero-order valence-electron chi connectivity index (χ0n) is 16.9. The van der Waals surface area contributed by atoms with Crippen molar-refractivity contribution in [2.45, 2.75) is 27.7 Å². The average molecular weight is 380 g/mol. The molecule has 0 aliphatic rings. The number of amides is 2. The van der Waals surface area contributed by atoms with Gasteiger partial charge in [-0.25, -0.2) is 0 Å². The van der Waals surface area contributed by atoms with Gasteiger partial charge < -0.3 is 24.8 Å². The second-order valence-corrected chi connectivity index (χ2v) is 7.38. The van der Waals surface area contributed by atoms with Gasteiger partial charge in [0.2, 0.25) is 5.91 Å². The van der Waals surface area contributed by atoms with Crippen molar-refractivity contribution in [2.75, 3.05) is 33.1 Å². The molecule has 1 atom stereocenters. The van der Waals surface area contributed by atoms with Crippen molar-refractivity contribution in [3.8, 4) is 11.5 Å². The number of hydrogen-bond acceptors (Lipinski definition) is 5. The van der Waals surface area contributed by atoms with Crippen LogP contribution in [0.1, 0.15) is 38.1 Å². The highest BCUT2D eigenvalue weighted by molar-refractivity contribution is 6.05. The number of anilines is 1.